The summed E-state index contributed by atoms with van der Waals surface area (Å²) < 4.78 is 65.0. The maximum absolute atomic E-state index is 14.1. The Balaban J connectivity index is 1.28. The molecule has 0 spiro atoms. The molecule has 10 amide bonds. The number of alkyl carbamates (subject to hydrolysis) is 4. The van der Waals surface area contributed by atoms with Gasteiger partial charge in [-0.25, -0.2) is 38.4 Å². The van der Waals surface area contributed by atoms with Crippen molar-refractivity contribution in [2.24, 2.45) is 9.98 Å². The van der Waals surface area contributed by atoms with Crippen LogP contribution in [0.2, 0.25) is 0 Å². The Morgan fingerprint density at radius 3 is 0.787 bits per heavy atom. The highest BCUT2D eigenvalue weighted by Gasteiger charge is 2.37. The SMILES string of the molecule is CC(C)(C)OC(=O)CC(NC(=O)[C@H](CC(=O)OC(C)(C)C)NC(=O)OCc1ccc(OC(=O)c2ccc(NC(=NC(=O)OC(C)(C)C)NC(=O)OC(C)(C)C)cc2)cc1)C(=O)NCCCCCCCCCCCCNC(=O)[C@H](CC(=O)OC(C)(C)C)NC(=O)[C@H](CC(=O)OC(C)(C)C)NC(=O)OCc1ccc(OC(=O)c2ccc(NC(=NC(=O)OC(C)(C)C)NC(=O)OC(C)(C)C)cc2)cc1. The Labute approximate surface area is 794 Å². The number of amides is 10. The molecule has 0 fully saturated rings. The average molecular weight is 1910 g/mol. The monoisotopic (exact) mass is 1910 g/mol. The van der Waals surface area contributed by atoms with Crippen LogP contribution in [0.5, 0.6) is 11.5 Å². The van der Waals surface area contributed by atoms with Gasteiger partial charge in [0.15, 0.2) is 0 Å². The van der Waals surface area contributed by atoms with Gasteiger partial charge in [0.05, 0.1) is 36.8 Å². The van der Waals surface area contributed by atoms with E-state index in [-0.39, 0.29) is 60.8 Å². The lowest BCUT2D eigenvalue weighted by atomic mass is 10.1. The van der Waals surface area contributed by atoms with Crippen LogP contribution in [0.25, 0.3) is 0 Å². The van der Waals surface area contributed by atoms with Crippen LogP contribution in [0.3, 0.4) is 0 Å². The van der Waals surface area contributed by atoms with Crippen molar-refractivity contribution in [3.05, 3.63) is 119 Å². The van der Waals surface area contributed by atoms with Crippen molar-refractivity contribution in [2.45, 2.75) is 338 Å². The number of anilines is 2. The van der Waals surface area contributed by atoms with E-state index in [1.807, 2.05) is 0 Å². The molecule has 136 heavy (non-hydrogen) atoms. The molecule has 0 aliphatic heterocycles. The van der Waals surface area contributed by atoms with Crippen molar-refractivity contribution in [1.82, 2.24) is 42.5 Å². The van der Waals surface area contributed by atoms with Gasteiger partial charge in [0.2, 0.25) is 35.5 Å². The fourth-order valence-corrected chi connectivity index (χ4v) is 11.6. The molecule has 0 aliphatic rings. The molecule has 750 valence electrons. The van der Waals surface area contributed by atoms with E-state index < -0.39 is 191 Å². The standard InChI is InChI=1S/C96H138N12O28/c1-89(2,3)129-71(109)53-67(101-77(115)69(55-73(111)131-91(7,8)9)103-83(119)125-57-59-35-47-65(48-36-59)127-79(117)61-39-43-63(44-40-61)99-81(105-85(121)133-93(13,14)15)106-86(122)134-94(16,17)18)75(113)97-51-33-31-29-27-25-26-28-30-32-34-52-98-76(114)68(54-72(110)130-90(4,5)6)102-78(116)70(56-74(112)132-92(10,11)12)104-84(120)126-58-60-37-49-66(50-38-60)128-80(118)62-41-45-64(46-42-62)100-82(107-87(123)135-95(19,20)21)108-88(124)136-96(22,23)24/h35-50,67-70H,25-34,51-58H2,1-24H3,(H,97,113)(H,98,114)(H,101,115)(H,102,116)(H,103,119)(H,104,120)(H2,99,105,106,121,122)(H2,100,107,108,123,124)/t67-,68?,69-,70-/m0/s1. The predicted octanol–water partition coefficient (Wildman–Crippen LogP) is 14.5. The second-order valence-corrected chi connectivity index (χ2v) is 39.6. The molecule has 40 nitrogen and oxygen atoms in total. The Bertz CT molecular complexity index is 4490. The number of hydrogen-bond donors (Lipinski definition) is 10. The predicted molar refractivity (Wildman–Crippen MR) is 501 cm³/mol. The second kappa shape index (κ2) is 53.0. The first-order valence-electron chi connectivity index (χ1n) is 44.8. The molecule has 4 atom stereocenters. The van der Waals surface area contributed by atoms with Crippen molar-refractivity contribution in [3.8, 4) is 11.5 Å². The number of aliphatic imine (C=N–C) groups is 2. The Morgan fingerprint density at radius 1 is 0.279 bits per heavy atom. The van der Waals surface area contributed by atoms with Gasteiger partial charge in [-0.15, -0.1) is 9.98 Å². The van der Waals surface area contributed by atoms with Crippen LogP contribution in [0.4, 0.5) is 40.1 Å². The molecule has 40 heteroatoms. The quantitative estimate of drug-likeness (QED) is 0.00495. The van der Waals surface area contributed by atoms with Crippen molar-refractivity contribution in [1.29, 1.82) is 0 Å². The van der Waals surface area contributed by atoms with Gasteiger partial charge in [-0.1, -0.05) is 75.6 Å². The molecule has 4 aromatic rings. The first kappa shape index (κ1) is 115. The number of benzene rings is 4. The molecule has 0 bridgehead atoms. The fourth-order valence-electron chi connectivity index (χ4n) is 11.6. The molecule has 0 aromatic heterocycles. The minimum absolute atomic E-state index is 0.109. The summed E-state index contributed by atoms with van der Waals surface area (Å²) in [6.07, 6.45) is -1.09. The van der Waals surface area contributed by atoms with Crippen molar-refractivity contribution < 1.29 is 134 Å². The maximum Gasteiger partial charge on any atom is 0.437 e. The largest absolute Gasteiger partial charge is 0.460 e. The van der Waals surface area contributed by atoms with E-state index in [4.69, 9.17) is 56.8 Å². The molecule has 4 aromatic carbocycles. The van der Waals surface area contributed by atoms with Gasteiger partial charge in [0, 0.05) is 24.5 Å². The van der Waals surface area contributed by atoms with E-state index in [9.17, 15) is 76.7 Å². The zero-order valence-electron chi connectivity index (χ0n) is 82.6. The van der Waals surface area contributed by atoms with E-state index in [2.05, 4.69) is 63.2 Å². The first-order chi connectivity index (χ1) is 62.9. The van der Waals surface area contributed by atoms with E-state index in [1.54, 1.807) is 166 Å². The number of rotatable bonds is 39. The number of guanidine groups is 2. The molecule has 10 N–H and O–H groups in total. The molecule has 0 saturated carbocycles. The van der Waals surface area contributed by atoms with E-state index in [1.165, 1.54) is 97.1 Å². The number of carbonyl (C=O) groups excluding carboxylic acids is 16. The smallest absolute Gasteiger partial charge is 0.437 e. The number of nitrogens with one attached hydrogen (secondary N) is 10. The Hall–Kier alpha value is -13.5. The highest BCUT2D eigenvalue weighted by atomic mass is 16.6. The number of nitrogens with zero attached hydrogens (tertiary/aromatic N) is 2. The fraction of sp³-hybridized carbons (Fsp3) is 0.562. The summed E-state index contributed by atoms with van der Waals surface area (Å²) >= 11 is 0. The van der Waals surface area contributed by atoms with Crippen LogP contribution in [0.1, 0.15) is 288 Å². The number of ether oxygens (including phenoxy) is 12. The summed E-state index contributed by atoms with van der Waals surface area (Å²) in [7, 11) is 0. The van der Waals surface area contributed by atoms with Gasteiger partial charge < -0.3 is 99.4 Å². The molecule has 0 saturated heterocycles. The molecule has 4 rings (SSSR count). The molecule has 0 heterocycles. The maximum atomic E-state index is 14.1. The summed E-state index contributed by atoms with van der Waals surface area (Å²) in [6.45, 7) is 38.8. The highest BCUT2D eigenvalue weighted by Crippen LogP contribution is 2.24. The zero-order valence-corrected chi connectivity index (χ0v) is 82.6. The van der Waals surface area contributed by atoms with Crippen molar-refractivity contribution in [3.63, 3.8) is 0 Å². The summed E-state index contributed by atoms with van der Waals surface area (Å²) in [5.74, 6) is -8.88. The third kappa shape index (κ3) is 52.3. The van der Waals surface area contributed by atoms with E-state index >= 15 is 0 Å². The third-order valence-corrected chi connectivity index (χ3v) is 17.1. The zero-order chi connectivity index (χ0) is 102. The van der Waals surface area contributed by atoms with Crippen molar-refractivity contribution in [2.75, 3.05) is 23.7 Å². The van der Waals surface area contributed by atoms with Gasteiger partial charge in [-0.3, -0.25) is 49.0 Å². The lowest BCUT2D eigenvalue weighted by molar-refractivity contribution is -0.158. The van der Waals surface area contributed by atoms with Crippen LogP contribution >= 0.6 is 0 Å². The van der Waals surface area contributed by atoms with Gasteiger partial charge in [0.25, 0.3) is 0 Å². The molecule has 0 aliphatic carbocycles. The Kier molecular flexibility index (Phi) is 44.8. The molecular formula is C96H138N12O28. The number of carbonyl (C=O) groups is 16. The van der Waals surface area contributed by atoms with Gasteiger partial charge in [-0.2, -0.15) is 0 Å². The third-order valence-electron chi connectivity index (χ3n) is 17.1. The topological polar surface area (TPSA) is 529 Å². The number of unbranched alkanes of at least 4 members (excludes halogenated alkanes) is 9. The summed E-state index contributed by atoms with van der Waals surface area (Å²) in [6, 6.07) is 16.9. The highest BCUT2D eigenvalue weighted by molar-refractivity contribution is 6.08. The molecule has 0 radical (unpaired) electrons. The number of hydrogen-bond acceptors (Lipinski definition) is 28. The van der Waals surface area contributed by atoms with Crippen LogP contribution in [0.15, 0.2) is 107 Å². The van der Waals surface area contributed by atoms with Crippen LogP contribution in [-0.2, 0) is 98.9 Å². The van der Waals surface area contributed by atoms with Crippen LogP contribution < -0.4 is 62.6 Å². The summed E-state index contributed by atoms with van der Waals surface area (Å²) in [4.78, 5) is 220. The van der Waals surface area contributed by atoms with Crippen LogP contribution in [-0.4, -0.2) is 190 Å². The average Bonchev–Trinajstić information content (AvgIpc) is 0.862. The lowest BCUT2D eigenvalue weighted by Gasteiger charge is -2.25. The molecule has 1 unspecified atom stereocenters. The van der Waals surface area contributed by atoms with Crippen LogP contribution in [0, 0.1) is 0 Å². The minimum atomic E-state index is -1.68. The number of esters is 6. The minimum Gasteiger partial charge on any atom is -0.460 e. The Morgan fingerprint density at radius 2 is 0.529 bits per heavy atom. The normalized spacial score (nSPS) is 12.9. The lowest BCUT2D eigenvalue weighted by Crippen LogP contribution is -2.55. The molecular weight excluding hydrogens is 1770 g/mol. The van der Waals surface area contributed by atoms with Crippen molar-refractivity contribution >= 4 is 119 Å². The van der Waals surface area contributed by atoms with Gasteiger partial charge in [-0.05, 0) is 263 Å². The van der Waals surface area contributed by atoms with E-state index in [0.717, 1.165) is 38.5 Å². The van der Waals surface area contributed by atoms with Gasteiger partial charge in [0.1, 0.15) is 93.7 Å². The van der Waals surface area contributed by atoms with Gasteiger partial charge >= 0.3 is 72.4 Å². The second-order valence-electron chi connectivity index (χ2n) is 39.6. The summed E-state index contributed by atoms with van der Waals surface area (Å²) in [5, 5.41) is 25.7. The van der Waals surface area contributed by atoms with E-state index in [0.29, 0.717) is 48.2 Å². The summed E-state index contributed by atoms with van der Waals surface area (Å²) in [5.41, 5.74) is -5.82. The first-order valence-corrected chi connectivity index (χ1v) is 44.8.